The van der Waals surface area contributed by atoms with Crippen LogP contribution < -0.4 is 0 Å². The van der Waals surface area contributed by atoms with Crippen molar-refractivity contribution in [3.05, 3.63) is 34.1 Å². The van der Waals surface area contributed by atoms with E-state index >= 15 is 0 Å². The molecule has 3 nitrogen and oxygen atoms in total. The van der Waals surface area contributed by atoms with E-state index in [1.807, 2.05) is 6.92 Å². The number of carbonyl (C=O) groups is 2. The fourth-order valence-corrected chi connectivity index (χ4v) is 2.43. The zero-order valence-electron chi connectivity index (χ0n) is 9.95. The van der Waals surface area contributed by atoms with Crippen molar-refractivity contribution in [2.24, 2.45) is 5.92 Å². The Morgan fingerprint density at radius 3 is 2.56 bits per heavy atom. The van der Waals surface area contributed by atoms with Gasteiger partial charge in [-0.3, -0.25) is 14.5 Å². The molecule has 96 valence electrons. The van der Waals surface area contributed by atoms with Crippen LogP contribution >= 0.6 is 15.9 Å². The van der Waals surface area contributed by atoms with E-state index in [4.69, 9.17) is 0 Å². The van der Waals surface area contributed by atoms with Gasteiger partial charge in [0.05, 0.1) is 11.0 Å². The number of amides is 2. The Labute approximate surface area is 113 Å². The molecule has 2 amide bonds. The molecule has 0 aromatic heterocycles. The molecule has 5 heteroatoms. The lowest BCUT2D eigenvalue weighted by Crippen LogP contribution is -2.42. The van der Waals surface area contributed by atoms with Gasteiger partial charge in [0.25, 0.3) is 0 Å². The predicted octanol–water partition coefficient (Wildman–Crippen LogP) is 2.87. The Morgan fingerprint density at radius 1 is 1.33 bits per heavy atom. The predicted molar refractivity (Wildman–Crippen MR) is 68.1 cm³/mol. The first-order valence-electron chi connectivity index (χ1n) is 5.75. The Morgan fingerprint density at radius 2 is 1.94 bits per heavy atom. The number of likely N-dealkylation sites (tertiary alicyclic amines) is 1. The SMILES string of the molecule is CC1CC(=O)N(Cc2cccc(F)c2Br)C(=O)C1. The summed E-state index contributed by atoms with van der Waals surface area (Å²) in [6.45, 7) is 2.01. The van der Waals surface area contributed by atoms with Gasteiger partial charge in [-0.2, -0.15) is 0 Å². The normalized spacial score (nSPS) is 17.4. The first-order chi connectivity index (χ1) is 8.49. The second-order valence-corrected chi connectivity index (χ2v) is 5.39. The summed E-state index contributed by atoms with van der Waals surface area (Å²) in [5, 5.41) is 0. The van der Waals surface area contributed by atoms with Gasteiger partial charge >= 0.3 is 0 Å². The van der Waals surface area contributed by atoms with Crippen LogP contribution in [0.1, 0.15) is 25.3 Å². The minimum absolute atomic E-state index is 0.0946. The van der Waals surface area contributed by atoms with Crippen molar-refractivity contribution in [2.45, 2.75) is 26.3 Å². The van der Waals surface area contributed by atoms with Gasteiger partial charge in [-0.1, -0.05) is 19.1 Å². The number of rotatable bonds is 2. The topological polar surface area (TPSA) is 37.4 Å². The van der Waals surface area contributed by atoms with Crippen molar-refractivity contribution in [1.82, 2.24) is 4.90 Å². The molecule has 18 heavy (non-hydrogen) atoms. The molecule has 1 heterocycles. The van der Waals surface area contributed by atoms with E-state index in [-0.39, 0.29) is 24.3 Å². The first-order valence-corrected chi connectivity index (χ1v) is 6.54. The highest BCUT2D eigenvalue weighted by Gasteiger charge is 2.30. The Kier molecular flexibility index (Phi) is 3.80. The third-order valence-electron chi connectivity index (χ3n) is 3.01. The van der Waals surface area contributed by atoms with Crippen molar-refractivity contribution in [2.75, 3.05) is 0 Å². The van der Waals surface area contributed by atoms with Crippen LogP contribution in [0.4, 0.5) is 4.39 Å². The molecule has 1 aromatic rings. The molecule has 0 spiro atoms. The number of hydrogen-bond acceptors (Lipinski definition) is 2. The van der Waals surface area contributed by atoms with Gasteiger partial charge in [0, 0.05) is 12.8 Å². The Hall–Kier alpha value is -1.23. The van der Waals surface area contributed by atoms with Crippen molar-refractivity contribution >= 4 is 27.7 Å². The fourth-order valence-electron chi connectivity index (χ4n) is 2.05. The van der Waals surface area contributed by atoms with Gasteiger partial charge < -0.3 is 0 Å². The number of nitrogens with zero attached hydrogens (tertiary/aromatic N) is 1. The summed E-state index contributed by atoms with van der Waals surface area (Å²) >= 11 is 3.13. The number of hydrogen-bond donors (Lipinski definition) is 0. The average Bonchev–Trinajstić information content (AvgIpc) is 2.28. The van der Waals surface area contributed by atoms with Crippen LogP contribution in [-0.2, 0) is 16.1 Å². The molecule has 0 radical (unpaired) electrons. The highest BCUT2D eigenvalue weighted by atomic mass is 79.9. The van der Waals surface area contributed by atoms with Crippen LogP contribution in [0.3, 0.4) is 0 Å². The van der Waals surface area contributed by atoms with Crippen molar-refractivity contribution in [1.29, 1.82) is 0 Å². The molecule has 0 unspecified atom stereocenters. The third-order valence-corrected chi connectivity index (χ3v) is 3.90. The van der Waals surface area contributed by atoms with Crippen LogP contribution in [0.15, 0.2) is 22.7 Å². The molecule has 1 saturated heterocycles. The summed E-state index contributed by atoms with van der Waals surface area (Å²) < 4.78 is 13.7. The maximum absolute atomic E-state index is 13.4. The van der Waals surface area contributed by atoms with Gasteiger partial charge in [0.15, 0.2) is 0 Å². The maximum atomic E-state index is 13.4. The molecule has 1 aromatic carbocycles. The highest BCUT2D eigenvalue weighted by molar-refractivity contribution is 9.10. The quantitative estimate of drug-likeness (QED) is 0.787. The lowest BCUT2D eigenvalue weighted by molar-refractivity contribution is -0.150. The van der Waals surface area contributed by atoms with Gasteiger partial charge in [-0.15, -0.1) is 0 Å². The molecule has 1 fully saturated rings. The number of halogens is 2. The van der Waals surface area contributed by atoms with Crippen LogP contribution in [0.5, 0.6) is 0 Å². The minimum Gasteiger partial charge on any atom is -0.278 e. The minimum atomic E-state index is -0.391. The summed E-state index contributed by atoms with van der Waals surface area (Å²) in [4.78, 5) is 24.8. The maximum Gasteiger partial charge on any atom is 0.229 e. The summed E-state index contributed by atoms with van der Waals surface area (Å²) in [5.41, 5.74) is 0.603. The lowest BCUT2D eigenvalue weighted by atomic mass is 9.97. The number of piperidine rings is 1. The van der Waals surface area contributed by atoms with Crippen LogP contribution in [-0.4, -0.2) is 16.7 Å². The largest absolute Gasteiger partial charge is 0.278 e. The second-order valence-electron chi connectivity index (χ2n) is 4.60. The number of carbonyl (C=O) groups excluding carboxylic acids is 2. The monoisotopic (exact) mass is 313 g/mol. The van der Waals surface area contributed by atoms with E-state index in [2.05, 4.69) is 15.9 Å². The summed E-state index contributed by atoms with van der Waals surface area (Å²) in [6, 6.07) is 4.60. The smallest absolute Gasteiger partial charge is 0.229 e. The van der Waals surface area contributed by atoms with Gasteiger partial charge in [0.1, 0.15) is 5.82 Å². The molecule has 1 aliphatic rings. The summed E-state index contributed by atoms with van der Waals surface area (Å²) in [6.07, 6.45) is 0.747. The molecule has 0 atom stereocenters. The molecule has 2 rings (SSSR count). The van der Waals surface area contributed by atoms with E-state index in [9.17, 15) is 14.0 Å². The van der Waals surface area contributed by atoms with Crippen LogP contribution in [0.2, 0.25) is 0 Å². The molecule has 0 saturated carbocycles. The number of benzene rings is 1. The molecule has 0 bridgehead atoms. The molecule has 1 aliphatic heterocycles. The molecular weight excluding hydrogens is 301 g/mol. The van der Waals surface area contributed by atoms with Crippen LogP contribution in [0, 0.1) is 11.7 Å². The van der Waals surface area contributed by atoms with E-state index in [0.29, 0.717) is 22.9 Å². The third kappa shape index (κ3) is 2.61. The van der Waals surface area contributed by atoms with E-state index < -0.39 is 5.82 Å². The van der Waals surface area contributed by atoms with Crippen molar-refractivity contribution < 1.29 is 14.0 Å². The Balaban J connectivity index is 2.20. The van der Waals surface area contributed by atoms with E-state index in [1.54, 1.807) is 12.1 Å². The second kappa shape index (κ2) is 5.18. The fraction of sp³-hybridized carbons (Fsp3) is 0.385. The van der Waals surface area contributed by atoms with E-state index in [1.165, 1.54) is 11.0 Å². The van der Waals surface area contributed by atoms with Crippen molar-refractivity contribution in [3.8, 4) is 0 Å². The van der Waals surface area contributed by atoms with Gasteiger partial charge in [0.2, 0.25) is 11.8 Å². The first kappa shape index (κ1) is 13.2. The van der Waals surface area contributed by atoms with Gasteiger partial charge in [-0.25, -0.2) is 4.39 Å². The highest BCUT2D eigenvalue weighted by Crippen LogP contribution is 2.25. The van der Waals surface area contributed by atoms with Crippen LogP contribution in [0.25, 0.3) is 0 Å². The average molecular weight is 314 g/mol. The molecule has 0 N–H and O–H groups in total. The summed E-state index contributed by atoms with van der Waals surface area (Å²) in [5.74, 6) is -0.667. The molecule has 0 aliphatic carbocycles. The van der Waals surface area contributed by atoms with Gasteiger partial charge in [-0.05, 0) is 33.5 Å². The Bertz CT molecular complexity index is 486. The van der Waals surface area contributed by atoms with E-state index in [0.717, 1.165) is 0 Å². The zero-order chi connectivity index (χ0) is 13.3. The molecular formula is C13H13BrFNO2. The standard InChI is InChI=1S/C13H13BrFNO2/c1-8-5-11(17)16(12(18)6-8)7-9-3-2-4-10(15)13(9)14/h2-4,8H,5-7H2,1H3. The number of imide groups is 1. The lowest BCUT2D eigenvalue weighted by Gasteiger charge is -2.28. The zero-order valence-corrected chi connectivity index (χ0v) is 11.5. The van der Waals surface area contributed by atoms with Crippen molar-refractivity contribution in [3.63, 3.8) is 0 Å². The summed E-state index contributed by atoms with van der Waals surface area (Å²) in [7, 11) is 0.